The Labute approximate surface area is 102 Å². The fourth-order valence-electron chi connectivity index (χ4n) is 1.36. The molecule has 1 N–H and O–H groups in total. The van der Waals surface area contributed by atoms with Gasteiger partial charge in [-0.05, 0) is 24.5 Å². The molecular weight excluding hydrogens is 253 g/mol. The highest BCUT2D eigenvalue weighted by Gasteiger charge is 2.32. The van der Waals surface area contributed by atoms with Gasteiger partial charge >= 0.3 is 6.36 Å². The van der Waals surface area contributed by atoms with Crippen molar-refractivity contribution in [3.63, 3.8) is 0 Å². The van der Waals surface area contributed by atoms with Crippen LogP contribution in [0.15, 0.2) is 24.3 Å². The van der Waals surface area contributed by atoms with Crippen LogP contribution in [0.2, 0.25) is 0 Å². The van der Waals surface area contributed by atoms with Gasteiger partial charge in [0.05, 0.1) is 6.10 Å². The number of hydrogen-bond acceptors (Lipinski definition) is 3. The van der Waals surface area contributed by atoms with Gasteiger partial charge < -0.3 is 9.84 Å². The Balaban J connectivity index is 2.83. The zero-order chi connectivity index (χ0) is 12.9. The van der Waals surface area contributed by atoms with E-state index in [2.05, 4.69) is 4.74 Å². The van der Waals surface area contributed by atoms with Crippen LogP contribution in [0, 0.1) is 0 Å². The van der Waals surface area contributed by atoms with Gasteiger partial charge in [-0.25, -0.2) is 0 Å². The molecule has 1 unspecified atom stereocenters. The Kier molecular flexibility index (Phi) is 5.14. The van der Waals surface area contributed by atoms with Crippen molar-refractivity contribution in [3.05, 3.63) is 29.8 Å². The van der Waals surface area contributed by atoms with Crippen LogP contribution in [-0.4, -0.2) is 23.5 Å². The topological polar surface area (TPSA) is 29.5 Å². The summed E-state index contributed by atoms with van der Waals surface area (Å²) >= 11 is 1.52. The normalized spacial score (nSPS) is 13.5. The zero-order valence-electron chi connectivity index (χ0n) is 9.20. The lowest BCUT2D eigenvalue weighted by molar-refractivity contribution is -0.275. The first-order chi connectivity index (χ1) is 7.94. The lowest BCUT2D eigenvalue weighted by Crippen LogP contribution is -2.18. The van der Waals surface area contributed by atoms with Gasteiger partial charge in [0, 0.05) is 5.56 Å². The first kappa shape index (κ1) is 14.2. The fourth-order valence-corrected chi connectivity index (χ4v) is 1.82. The number of alkyl halides is 3. The van der Waals surface area contributed by atoms with E-state index >= 15 is 0 Å². The number of hydrogen-bond donors (Lipinski definition) is 1. The number of halogens is 3. The number of rotatable bonds is 5. The first-order valence-corrected chi connectivity index (χ1v) is 6.35. The van der Waals surface area contributed by atoms with E-state index < -0.39 is 12.5 Å². The van der Waals surface area contributed by atoms with Crippen molar-refractivity contribution in [2.24, 2.45) is 0 Å². The van der Waals surface area contributed by atoms with Crippen molar-refractivity contribution in [2.75, 3.05) is 12.0 Å². The average Bonchev–Trinajstić information content (AvgIpc) is 2.24. The van der Waals surface area contributed by atoms with Crippen molar-refractivity contribution in [1.29, 1.82) is 0 Å². The lowest BCUT2D eigenvalue weighted by Gasteiger charge is -2.16. The van der Waals surface area contributed by atoms with Crippen LogP contribution in [0.4, 0.5) is 13.2 Å². The van der Waals surface area contributed by atoms with Gasteiger partial charge in [-0.3, -0.25) is 0 Å². The summed E-state index contributed by atoms with van der Waals surface area (Å²) in [5, 5.41) is 9.77. The van der Waals surface area contributed by atoms with Gasteiger partial charge in [0.15, 0.2) is 0 Å². The Hall–Kier alpha value is -0.880. The van der Waals surface area contributed by atoms with Crippen molar-refractivity contribution >= 4 is 11.8 Å². The lowest BCUT2D eigenvalue weighted by atomic mass is 10.1. The Morgan fingerprint density at radius 1 is 1.35 bits per heavy atom. The molecule has 1 rings (SSSR count). The van der Waals surface area contributed by atoms with E-state index in [0.717, 1.165) is 0 Å². The first-order valence-electron chi connectivity index (χ1n) is 4.95. The summed E-state index contributed by atoms with van der Waals surface area (Å²) in [7, 11) is 0. The highest BCUT2D eigenvalue weighted by molar-refractivity contribution is 7.98. The number of aliphatic hydroxyl groups is 1. The molecule has 2 nitrogen and oxygen atoms in total. The van der Waals surface area contributed by atoms with Crippen LogP contribution in [0.5, 0.6) is 5.75 Å². The second kappa shape index (κ2) is 6.16. The van der Waals surface area contributed by atoms with Gasteiger partial charge in [0.25, 0.3) is 0 Å². The molecular formula is C11H13F3O2S. The minimum Gasteiger partial charge on any atom is -0.405 e. The number of para-hydroxylation sites is 1. The van der Waals surface area contributed by atoms with Crippen LogP contribution in [-0.2, 0) is 0 Å². The molecule has 0 amide bonds. The van der Waals surface area contributed by atoms with Gasteiger partial charge in [-0.2, -0.15) is 11.8 Å². The summed E-state index contributed by atoms with van der Waals surface area (Å²) < 4.78 is 40.3. The maximum atomic E-state index is 12.1. The molecule has 0 spiro atoms. The maximum Gasteiger partial charge on any atom is 0.573 e. The van der Waals surface area contributed by atoms with E-state index in [1.54, 1.807) is 6.07 Å². The molecule has 6 heteroatoms. The molecule has 0 aliphatic rings. The average molecular weight is 266 g/mol. The third kappa shape index (κ3) is 4.87. The molecule has 0 saturated heterocycles. The summed E-state index contributed by atoms with van der Waals surface area (Å²) in [6, 6.07) is 5.64. The predicted molar refractivity (Wildman–Crippen MR) is 61.1 cm³/mol. The molecule has 0 radical (unpaired) electrons. The standard InChI is InChI=1S/C11H13F3O2S/c1-17-7-6-9(15)8-4-2-3-5-10(8)16-11(12,13)14/h2-5,9,15H,6-7H2,1H3. The van der Waals surface area contributed by atoms with Gasteiger partial charge in [0.1, 0.15) is 5.75 Å². The van der Waals surface area contributed by atoms with Crippen LogP contribution in [0.3, 0.4) is 0 Å². The maximum absolute atomic E-state index is 12.1. The van der Waals surface area contributed by atoms with Crippen LogP contribution in [0.25, 0.3) is 0 Å². The predicted octanol–water partition coefficient (Wildman–Crippen LogP) is 3.37. The summed E-state index contributed by atoms with van der Waals surface area (Å²) in [5.41, 5.74) is 0.166. The Bertz CT molecular complexity index is 355. The molecule has 0 saturated carbocycles. The molecule has 0 aliphatic heterocycles. The highest BCUT2D eigenvalue weighted by atomic mass is 32.2. The van der Waals surface area contributed by atoms with Crippen molar-refractivity contribution in [1.82, 2.24) is 0 Å². The Morgan fingerprint density at radius 2 is 2.00 bits per heavy atom. The van der Waals surface area contributed by atoms with E-state index in [0.29, 0.717) is 12.2 Å². The minimum atomic E-state index is -4.74. The summed E-state index contributed by atoms with van der Waals surface area (Å²) in [4.78, 5) is 0. The molecule has 1 aromatic carbocycles. The summed E-state index contributed by atoms with van der Waals surface area (Å²) in [6.07, 6.45) is -3.43. The van der Waals surface area contributed by atoms with Crippen LogP contribution >= 0.6 is 11.8 Å². The van der Waals surface area contributed by atoms with E-state index in [1.807, 2.05) is 6.26 Å². The van der Waals surface area contributed by atoms with Crippen molar-refractivity contribution in [2.45, 2.75) is 18.9 Å². The zero-order valence-corrected chi connectivity index (χ0v) is 10.0. The van der Waals surface area contributed by atoms with E-state index in [4.69, 9.17) is 0 Å². The molecule has 0 aromatic heterocycles. The molecule has 0 bridgehead atoms. The SMILES string of the molecule is CSCCC(O)c1ccccc1OC(F)(F)F. The number of thioether (sulfide) groups is 1. The molecule has 0 fully saturated rings. The number of benzene rings is 1. The third-order valence-electron chi connectivity index (χ3n) is 2.10. The van der Waals surface area contributed by atoms with Crippen LogP contribution in [0.1, 0.15) is 18.1 Å². The molecule has 0 heterocycles. The van der Waals surface area contributed by atoms with Gasteiger partial charge in [-0.15, -0.1) is 13.2 Å². The number of ether oxygens (including phenoxy) is 1. The third-order valence-corrected chi connectivity index (χ3v) is 2.74. The number of aliphatic hydroxyl groups excluding tert-OH is 1. The largest absolute Gasteiger partial charge is 0.573 e. The summed E-state index contributed by atoms with van der Waals surface area (Å²) in [5.74, 6) is 0.329. The van der Waals surface area contributed by atoms with E-state index in [-0.39, 0.29) is 11.3 Å². The Morgan fingerprint density at radius 3 is 2.59 bits per heavy atom. The second-order valence-corrected chi connectivity index (χ2v) is 4.37. The van der Waals surface area contributed by atoms with E-state index in [1.165, 1.54) is 30.0 Å². The molecule has 17 heavy (non-hydrogen) atoms. The van der Waals surface area contributed by atoms with Gasteiger partial charge in [0.2, 0.25) is 0 Å². The minimum absolute atomic E-state index is 0.166. The quantitative estimate of drug-likeness (QED) is 0.886. The van der Waals surface area contributed by atoms with Crippen molar-refractivity contribution in [3.8, 4) is 5.75 Å². The van der Waals surface area contributed by atoms with E-state index in [9.17, 15) is 18.3 Å². The fraction of sp³-hybridized carbons (Fsp3) is 0.455. The molecule has 1 aromatic rings. The van der Waals surface area contributed by atoms with Crippen LogP contribution < -0.4 is 4.74 Å². The molecule has 1 atom stereocenters. The second-order valence-electron chi connectivity index (χ2n) is 3.38. The van der Waals surface area contributed by atoms with Crippen molar-refractivity contribution < 1.29 is 23.0 Å². The summed E-state index contributed by atoms with van der Waals surface area (Å²) in [6.45, 7) is 0. The van der Waals surface area contributed by atoms with Gasteiger partial charge in [-0.1, -0.05) is 18.2 Å². The smallest absolute Gasteiger partial charge is 0.405 e. The molecule has 0 aliphatic carbocycles. The molecule has 96 valence electrons. The monoisotopic (exact) mass is 266 g/mol. The highest BCUT2D eigenvalue weighted by Crippen LogP contribution is 2.31.